The molecule has 0 unspecified atom stereocenters. The van der Waals surface area contributed by atoms with Crippen LogP contribution < -0.4 is 9.47 Å². The fourth-order valence-electron chi connectivity index (χ4n) is 1.62. The van der Waals surface area contributed by atoms with Crippen LogP contribution in [0.5, 0.6) is 0 Å². The standard InChI is InChI=1S/C9H16N3O/c1-7-6-11(5)9(10(3)4)12(7)8(2)13/h6H,1-5H3/q+1. The summed E-state index contributed by atoms with van der Waals surface area (Å²) in [6.07, 6.45) is 1.94. The molecule has 0 radical (unpaired) electrons. The lowest BCUT2D eigenvalue weighted by Gasteiger charge is -2.07. The van der Waals surface area contributed by atoms with E-state index in [1.165, 1.54) is 0 Å². The molecular formula is C9H16N3O+. The first-order chi connectivity index (χ1) is 5.95. The third-order valence-electron chi connectivity index (χ3n) is 1.96. The van der Waals surface area contributed by atoms with Crippen molar-refractivity contribution in [1.29, 1.82) is 0 Å². The van der Waals surface area contributed by atoms with Crippen LogP contribution in [-0.4, -0.2) is 24.6 Å². The second kappa shape index (κ2) is 3.20. The molecule has 0 amide bonds. The molecule has 0 atom stereocenters. The fraction of sp³-hybridized carbons (Fsp3) is 0.556. The SMILES string of the molecule is CC(=O)n1c(C)c[n+](C)c1N(C)C. The molecule has 4 nitrogen and oxygen atoms in total. The first-order valence-corrected chi connectivity index (χ1v) is 4.21. The summed E-state index contributed by atoms with van der Waals surface area (Å²) >= 11 is 0. The van der Waals surface area contributed by atoms with Gasteiger partial charge in [-0.25, -0.2) is 4.57 Å². The molecule has 13 heavy (non-hydrogen) atoms. The minimum absolute atomic E-state index is 0.0433. The van der Waals surface area contributed by atoms with Crippen molar-refractivity contribution in [1.82, 2.24) is 4.57 Å². The summed E-state index contributed by atoms with van der Waals surface area (Å²) in [4.78, 5) is 13.3. The third-order valence-corrected chi connectivity index (χ3v) is 1.96. The Morgan fingerprint density at radius 1 is 1.54 bits per heavy atom. The van der Waals surface area contributed by atoms with Crippen molar-refractivity contribution in [3.05, 3.63) is 11.9 Å². The highest BCUT2D eigenvalue weighted by molar-refractivity contribution is 5.79. The maximum Gasteiger partial charge on any atom is 0.366 e. The van der Waals surface area contributed by atoms with Gasteiger partial charge < -0.3 is 0 Å². The summed E-state index contributed by atoms with van der Waals surface area (Å²) in [6, 6.07) is 0. The van der Waals surface area contributed by atoms with Crippen LogP contribution in [-0.2, 0) is 7.05 Å². The Kier molecular flexibility index (Phi) is 2.40. The molecule has 72 valence electrons. The van der Waals surface area contributed by atoms with Crippen molar-refractivity contribution in [2.75, 3.05) is 19.0 Å². The van der Waals surface area contributed by atoms with Crippen molar-refractivity contribution >= 4 is 11.9 Å². The van der Waals surface area contributed by atoms with Crippen molar-refractivity contribution in [2.24, 2.45) is 7.05 Å². The molecule has 1 heterocycles. The molecule has 1 aromatic rings. The fourth-order valence-corrected chi connectivity index (χ4v) is 1.62. The lowest BCUT2D eigenvalue weighted by atomic mass is 10.5. The van der Waals surface area contributed by atoms with Gasteiger partial charge >= 0.3 is 5.95 Å². The molecule has 0 saturated carbocycles. The van der Waals surface area contributed by atoms with E-state index in [1.807, 2.05) is 43.7 Å². The highest BCUT2D eigenvalue weighted by Crippen LogP contribution is 2.09. The number of nitrogens with zero attached hydrogens (tertiary/aromatic N) is 3. The molecule has 0 aliphatic heterocycles. The molecule has 0 bridgehead atoms. The smallest absolute Gasteiger partial charge is 0.269 e. The van der Waals surface area contributed by atoms with Crippen molar-refractivity contribution in [3.63, 3.8) is 0 Å². The summed E-state index contributed by atoms with van der Waals surface area (Å²) < 4.78 is 3.64. The number of rotatable bonds is 1. The second-order valence-corrected chi connectivity index (χ2v) is 3.43. The Bertz CT molecular complexity index is 339. The predicted octanol–water partition coefficient (Wildman–Crippen LogP) is 0.347. The number of carbonyl (C=O) groups is 1. The molecule has 1 rings (SSSR count). The van der Waals surface area contributed by atoms with Gasteiger partial charge in [0.25, 0.3) is 5.91 Å². The van der Waals surface area contributed by atoms with E-state index in [4.69, 9.17) is 0 Å². The highest BCUT2D eigenvalue weighted by Gasteiger charge is 2.22. The van der Waals surface area contributed by atoms with E-state index in [9.17, 15) is 4.79 Å². The number of anilines is 1. The van der Waals surface area contributed by atoms with Gasteiger partial charge in [-0.05, 0) is 6.92 Å². The summed E-state index contributed by atoms with van der Waals surface area (Å²) in [5.74, 6) is 0.937. The molecule has 1 aromatic heterocycles. The minimum Gasteiger partial charge on any atom is -0.269 e. The molecule has 0 aromatic carbocycles. The van der Waals surface area contributed by atoms with E-state index in [0.717, 1.165) is 11.6 Å². The van der Waals surface area contributed by atoms with Crippen molar-refractivity contribution in [2.45, 2.75) is 13.8 Å². The van der Waals surface area contributed by atoms with Gasteiger partial charge in [0.2, 0.25) is 0 Å². The number of imidazole rings is 1. The Hall–Kier alpha value is -1.32. The predicted molar refractivity (Wildman–Crippen MR) is 51.0 cm³/mol. The molecule has 0 spiro atoms. The van der Waals surface area contributed by atoms with Gasteiger partial charge in [0.15, 0.2) is 0 Å². The summed E-state index contributed by atoms with van der Waals surface area (Å²) in [7, 11) is 5.78. The number of carbonyl (C=O) groups excluding carboxylic acids is 1. The van der Waals surface area contributed by atoms with Crippen molar-refractivity contribution in [3.8, 4) is 0 Å². The lowest BCUT2D eigenvalue weighted by molar-refractivity contribution is -0.657. The van der Waals surface area contributed by atoms with E-state index in [-0.39, 0.29) is 5.91 Å². The van der Waals surface area contributed by atoms with Crippen LogP contribution in [0.2, 0.25) is 0 Å². The van der Waals surface area contributed by atoms with Gasteiger partial charge in [0.1, 0.15) is 5.69 Å². The molecule has 4 heteroatoms. The van der Waals surface area contributed by atoms with Gasteiger partial charge in [0.05, 0.1) is 27.3 Å². The number of aryl methyl sites for hydroxylation is 2. The zero-order valence-corrected chi connectivity index (χ0v) is 8.83. The Morgan fingerprint density at radius 2 is 2.08 bits per heavy atom. The Morgan fingerprint density at radius 3 is 2.38 bits per heavy atom. The first-order valence-electron chi connectivity index (χ1n) is 4.21. The number of hydrogen-bond acceptors (Lipinski definition) is 2. The summed E-state index contributed by atoms with van der Waals surface area (Å²) in [5.41, 5.74) is 0.957. The molecular weight excluding hydrogens is 166 g/mol. The van der Waals surface area contributed by atoms with Crippen LogP contribution in [0.1, 0.15) is 17.4 Å². The Balaban J connectivity index is 3.38. The topological polar surface area (TPSA) is 29.1 Å². The monoisotopic (exact) mass is 182 g/mol. The highest BCUT2D eigenvalue weighted by atomic mass is 16.2. The average molecular weight is 182 g/mol. The van der Waals surface area contributed by atoms with E-state index in [2.05, 4.69) is 0 Å². The summed E-state index contributed by atoms with van der Waals surface area (Å²) in [5, 5.41) is 0. The minimum atomic E-state index is 0.0433. The van der Waals surface area contributed by atoms with Crippen LogP contribution in [0, 0.1) is 6.92 Å². The normalized spacial score (nSPS) is 10.2. The van der Waals surface area contributed by atoms with Gasteiger partial charge in [0, 0.05) is 6.92 Å². The van der Waals surface area contributed by atoms with E-state index >= 15 is 0 Å². The zero-order chi connectivity index (χ0) is 10.2. The average Bonchev–Trinajstić information content (AvgIpc) is 2.24. The summed E-state index contributed by atoms with van der Waals surface area (Å²) in [6.45, 7) is 3.49. The molecule has 0 aliphatic carbocycles. The quantitative estimate of drug-likeness (QED) is 0.586. The Labute approximate surface area is 78.4 Å². The first kappa shape index (κ1) is 9.77. The van der Waals surface area contributed by atoms with Crippen molar-refractivity contribution < 1.29 is 9.36 Å². The molecule has 0 aliphatic rings. The van der Waals surface area contributed by atoms with E-state index < -0.39 is 0 Å². The van der Waals surface area contributed by atoms with Gasteiger partial charge in [-0.3, -0.25) is 9.69 Å². The van der Waals surface area contributed by atoms with Crippen LogP contribution in [0.4, 0.5) is 5.95 Å². The van der Waals surface area contributed by atoms with Crippen LogP contribution in [0.25, 0.3) is 0 Å². The maximum absolute atomic E-state index is 11.3. The maximum atomic E-state index is 11.3. The largest absolute Gasteiger partial charge is 0.366 e. The van der Waals surface area contributed by atoms with Gasteiger partial charge in [-0.1, -0.05) is 0 Å². The van der Waals surface area contributed by atoms with Crippen LogP contribution >= 0.6 is 0 Å². The molecule has 0 saturated heterocycles. The van der Waals surface area contributed by atoms with Gasteiger partial charge in [-0.15, -0.1) is 0 Å². The van der Waals surface area contributed by atoms with Gasteiger partial charge in [-0.2, -0.15) is 4.57 Å². The second-order valence-electron chi connectivity index (χ2n) is 3.43. The van der Waals surface area contributed by atoms with E-state index in [1.54, 1.807) is 11.5 Å². The van der Waals surface area contributed by atoms with Crippen LogP contribution in [0.15, 0.2) is 6.20 Å². The number of hydrogen-bond donors (Lipinski definition) is 0. The number of aromatic nitrogens is 2. The zero-order valence-electron chi connectivity index (χ0n) is 8.83. The van der Waals surface area contributed by atoms with Crippen LogP contribution in [0.3, 0.4) is 0 Å². The molecule has 0 fully saturated rings. The third kappa shape index (κ3) is 1.56. The molecule has 0 N–H and O–H groups in total. The lowest BCUT2D eigenvalue weighted by Crippen LogP contribution is -2.35. The van der Waals surface area contributed by atoms with E-state index in [0.29, 0.717) is 0 Å².